The number of carbonyl (C=O) groups is 1. The van der Waals surface area contributed by atoms with E-state index in [9.17, 15) is 10.1 Å². The van der Waals surface area contributed by atoms with Gasteiger partial charge in [-0.1, -0.05) is 12.1 Å². The summed E-state index contributed by atoms with van der Waals surface area (Å²) < 4.78 is 9.96. The van der Waals surface area contributed by atoms with Crippen molar-refractivity contribution in [1.29, 1.82) is 5.26 Å². The van der Waals surface area contributed by atoms with Crippen molar-refractivity contribution in [1.82, 2.24) is 18.6 Å². The predicted molar refractivity (Wildman–Crippen MR) is 151 cm³/mol. The van der Waals surface area contributed by atoms with Crippen molar-refractivity contribution in [3.8, 4) is 11.8 Å². The molecule has 0 atom stereocenters. The van der Waals surface area contributed by atoms with Crippen LogP contribution in [-0.2, 0) is 6.42 Å². The van der Waals surface area contributed by atoms with Gasteiger partial charge in [0.15, 0.2) is 5.75 Å². The highest BCUT2D eigenvalue weighted by Gasteiger charge is 2.28. The zero-order valence-corrected chi connectivity index (χ0v) is 23.3. The number of nitriles is 1. The number of aryl methyl sites for hydroxylation is 1. The van der Waals surface area contributed by atoms with Crippen LogP contribution in [0.15, 0.2) is 53.4 Å². The van der Waals surface area contributed by atoms with Gasteiger partial charge in [0.05, 0.1) is 5.56 Å². The molecular weight excluding hydrogens is 518 g/mol. The third kappa shape index (κ3) is 5.89. The van der Waals surface area contributed by atoms with E-state index in [1.165, 1.54) is 17.8 Å². The standard InChI is InChI=1S/C27H29N7O2S2/c1-19-16-21(18-28)30-27(29-19)32-12-14-33(15-13-32)37-22-8-9-24-20(17-22)10-11-34(24)26(35)23-6-4-5-7-25(23)36-38-31(2)3/h4-9,16-17H,10-15H2,1-3H3. The van der Waals surface area contributed by atoms with Gasteiger partial charge < -0.3 is 14.0 Å². The number of hydrogen-bond donors (Lipinski definition) is 0. The topological polar surface area (TPSA) is 88.8 Å². The van der Waals surface area contributed by atoms with Gasteiger partial charge in [-0.25, -0.2) is 18.6 Å². The molecule has 1 amide bonds. The molecule has 0 N–H and O–H groups in total. The van der Waals surface area contributed by atoms with Gasteiger partial charge in [0.1, 0.15) is 24.0 Å². The van der Waals surface area contributed by atoms with Gasteiger partial charge in [0.25, 0.3) is 5.91 Å². The van der Waals surface area contributed by atoms with Crippen LogP contribution in [0.25, 0.3) is 0 Å². The second-order valence-electron chi connectivity index (χ2n) is 9.28. The first-order valence-electron chi connectivity index (χ1n) is 12.4. The first-order chi connectivity index (χ1) is 18.4. The number of nitrogens with zero attached hydrogens (tertiary/aromatic N) is 7. The molecule has 38 heavy (non-hydrogen) atoms. The van der Waals surface area contributed by atoms with Crippen molar-refractivity contribution in [2.45, 2.75) is 18.2 Å². The first-order valence-corrected chi connectivity index (χ1v) is 13.9. The van der Waals surface area contributed by atoms with Crippen LogP contribution in [0.3, 0.4) is 0 Å². The predicted octanol–water partition coefficient (Wildman–Crippen LogP) is 4.19. The highest BCUT2D eigenvalue weighted by molar-refractivity contribution is 7.97. The summed E-state index contributed by atoms with van der Waals surface area (Å²) in [4.78, 5) is 27.5. The largest absolute Gasteiger partial charge is 0.409 e. The number of fused-ring (bicyclic) bond motifs is 1. The smallest absolute Gasteiger partial charge is 0.262 e. The Kier molecular flexibility index (Phi) is 8.04. The summed E-state index contributed by atoms with van der Waals surface area (Å²) in [6, 6.07) is 17.6. The van der Waals surface area contributed by atoms with Crippen molar-refractivity contribution in [3.63, 3.8) is 0 Å². The summed E-state index contributed by atoms with van der Waals surface area (Å²) in [5.74, 6) is 1.14. The maximum Gasteiger partial charge on any atom is 0.262 e. The fourth-order valence-electron chi connectivity index (χ4n) is 4.50. The molecule has 3 heterocycles. The lowest BCUT2D eigenvalue weighted by Gasteiger charge is -2.34. The van der Waals surface area contributed by atoms with E-state index in [0.29, 0.717) is 29.5 Å². The van der Waals surface area contributed by atoms with E-state index in [1.54, 1.807) is 18.0 Å². The molecule has 196 valence electrons. The SMILES string of the molecule is Cc1cc(C#N)nc(N2CCN(Sc3ccc4c(c3)CCN4C(=O)c3ccccc3OSN(C)C)CC2)n1. The number of anilines is 2. The van der Waals surface area contributed by atoms with Crippen molar-refractivity contribution in [2.24, 2.45) is 0 Å². The summed E-state index contributed by atoms with van der Waals surface area (Å²) in [5.41, 5.74) is 3.91. The van der Waals surface area contributed by atoms with Crippen molar-refractivity contribution < 1.29 is 8.98 Å². The molecule has 0 unspecified atom stereocenters. The second kappa shape index (κ2) is 11.6. The maximum atomic E-state index is 13.5. The molecular formula is C27H29N7O2S2. The summed E-state index contributed by atoms with van der Waals surface area (Å²) in [7, 11) is 3.79. The third-order valence-electron chi connectivity index (χ3n) is 6.30. The zero-order chi connectivity index (χ0) is 26.6. The number of piperazine rings is 1. The molecule has 2 aliphatic heterocycles. The molecule has 0 bridgehead atoms. The summed E-state index contributed by atoms with van der Waals surface area (Å²) in [6.45, 7) is 5.83. The summed E-state index contributed by atoms with van der Waals surface area (Å²) >= 11 is 2.93. The van der Waals surface area contributed by atoms with Crippen molar-refractivity contribution in [3.05, 3.63) is 71.0 Å². The number of aromatic nitrogens is 2. The van der Waals surface area contributed by atoms with Crippen molar-refractivity contribution in [2.75, 3.05) is 56.6 Å². The van der Waals surface area contributed by atoms with E-state index in [1.807, 2.05) is 54.5 Å². The van der Waals surface area contributed by atoms with Gasteiger partial charge in [-0.05, 0) is 67.3 Å². The molecule has 1 fully saturated rings. The van der Waals surface area contributed by atoms with Gasteiger partial charge in [-0.3, -0.25) is 4.79 Å². The van der Waals surface area contributed by atoms with E-state index in [0.717, 1.165) is 48.9 Å². The molecule has 2 aromatic carbocycles. The Morgan fingerprint density at radius 1 is 1.05 bits per heavy atom. The Morgan fingerprint density at radius 2 is 1.84 bits per heavy atom. The number of amides is 1. The van der Waals surface area contributed by atoms with E-state index < -0.39 is 0 Å². The number of benzene rings is 2. The molecule has 0 spiro atoms. The summed E-state index contributed by atoms with van der Waals surface area (Å²) in [6.07, 6.45) is 0.824. The quantitative estimate of drug-likeness (QED) is 0.317. The molecule has 1 saturated heterocycles. The fourth-order valence-corrected chi connectivity index (χ4v) is 5.84. The Balaban J connectivity index is 1.22. The normalized spacial score (nSPS) is 15.4. The minimum absolute atomic E-state index is 0.0480. The molecule has 3 aromatic rings. The lowest BCUT2D eigenvalue weighted by atomic mass is 10.1. The summed E-state index contributed by atoms with van der Waals surface area (Å²) in [5, 5.41) is 9.21. The Labute approximate surface area is 231 Å². The lowest BCUT2D eigenvalue weighted by Crippen LogP contribution is -2.44. The third-order valence-corrected chi connectivity index (χ3v) is 7.94. The van der Waals surface area contributed by atoms with Gasteiger partial charge in [0.2, 0.25) is 5.95 Å². The Morgan fingerprint density at radius 3 is 2.61 bits per heavy atom. The molecule has 2 aliphatic rings. The van der Waals surface area contributed by atoms with Crippen LogP contribution in [0.2, 0.25) is 0 Å². The average molecular weight is 548 g/mol. The van der Waals surface area contributed by atoms with Crippen LogP contribution in [0, 0.1) is 18.3 Å². The van der Waals surface area contributed by atoms with E-state index in [2.05, 4.69) is 43.4 Å². The van der Waals surface area contributed by atoms with Crippen LogP contribution in [0.1, 0.15) is 27.3 Å². The number of hydrogen-bond acceptors (Lipinski definition) is 10. The second-order valence-corrected chi connectivity index (χ2v) is 11.5. The van der Waals surface area contributed by atoms with Crippen LogP contribution in [0.4, 0.5) is 11.6 Å². The van der Waals surface area contributed by atoms with E-state index in [4.69, 9.17) is 4.18 Å². The van der Waals surface area contributed by atoms with E-state index in [-0.39, 0.29) is 5.91 Å². The molecule has 0 aliphatic carbocycles. The minimum atomic E-state index is -0.0480. The molecule has 1 aromatic heterocycles. The Bertz CT molecular complexity index is 1370. The molecule has 5 rings (SSSR count). The maximum absolute atomic E-state index is 13.5. The highest BCUT2D eigenvalue weighted by Crippen LogP contribution is 2.35. The lowest BCUT2D eigenvalue weighted by molar-refractivity contribution is 0.0988. The Hall–Kier alpha value is -3.30. The molecule has 9 nitrogen and oxygen atoms in total. The first kappa shape index (κ1) is 26.3. The van der Waals surface area contributed by atoms with E-state index >= 15 is 0 Å². The van der Waals surface area contributed by atoms with Gasteiger partial charge in [-0.15, -0.1) is 0 Å². The van der Waals surface area contributed by atoms with Crippen molar-refractivity contribution >= 4 is 41.7 Å². The number of rotatable bonds is 7. The van der Waals surface area contributed by atoms with Crippen LogP contribution in [-0.4, -0.2) is 71.3 Å². The van der Waals surface area contributed by atoms with Crippen LogP contribution >= 0.6 is 24.2 Å². The van der Waals surface area contributed by atoms with Crippen LogP contribution in [0.5, 0.6) is 5.75 Å². The average Bonchev–Trinajstić information content (AvgIpc) is 3.35. The van der Waals surface area contributed by atoms with Gasteiger partial charge in [0, 0.05) is 63.1 Å². The van der Waals surface area contributed by atoms with Gasteiger partial charge >= 0.3 is 0 Å². The molecule has 0 radical (unpaired) electrons. The van der Waals surface area contributed by atoms with Gasteiger partial charge in [-0.2, -0.15) is 5.26 Å². The van der Waals surface area contributed by atoms with Crippen LogP contribution < -0.4 is 14.0 Å². The highest BCUT2D eigenvalue weighted by atomic mass is 32.2. The molecule has 0 saturated carbocycles. The zero-order valence-electron chi connectivity index (χ0n) is 21.6. The minimum Gasteiger partial charge on any atom is -0.409 e. The number of carbonyl (C=O) groups excluding carboxylic acids is 1. The number of para-hydroxylation sites is 1. The monoisotopic (exact) mass is 547 g/mol. The fraction of sp³-hybridized carbons (Fsp3) is 0.333. The molecule has 11 heteroatoms.